The summed E-state index contributed by atoms with van der Waals surface area (Å²) in [7, 11) is 1.09. The molecule has 11 heteroatoms. The van der Waals surface area contributed by atoms with Gasteiger partial charge in [-0.05, 0) is 47.2 Å². The number of urea groups is 1. The SMILES string of the molecule is COc1c(NC(=O)N[C@H]2Cc3c(F)ccc(F)c3[C@H]2O)cc(C(C)(C)C)cc1[C@@H](O)C(F)(F)F. The van der Waals surface area contributed by atoms with Crippen molar-refractivity contribution in [1.82, 2.24) is 5.32 Å². The van der Waals surface area contributed by atoms with Gasteiger partial charge in [0.15, 0.2) is 6.10 Å². The van der Waals surface area contributed by atoms with E-state index in [0.717, 1.165) is 25.3 Å². The molecule has 0 unspecified atom stereocenters. The van der Waals surface area contributed by atoms with Crippen LogP contribution in [-0.2, 0) is 11.8 Å². The van der Waals surface area contributed by atoms with Gasteiger partial charge in [-0.15, -0.1) is 0 Å². The number of carbonyl (C=O) groups is 1. The van der Waals surface area contributed by atoms with Gasteiger partial charge in [-0.3, -0.25) is 0 Å². The molecule has 6 nitrogen and oxygen atoms in total. The Morgan fingerprint density at radius 1 is 1.15 bits per heavy atom. The summed E-state index contributed by atoms with van der Waals surface area (Å²) in [6.07, 6.45) is -9.57. The van der Waals surface area contributed by atoms with Crippen LogP contribution in [0.4, 0.5) is 32.4 Å². The van der Waals surface area contributed by atoms with E-state index in [4.69, 9.17) is 4.74 Å². The molecule has 0 bridgehead atoms. The number of methoxy groups -OCH3 is 1. The molecule has 186 valence electrons. The number of amides is 2. The minimum Gasteiger partial charge on any atom is -0.494 e. The lowest BCUT2D eigenvalue weighted by molar-refractivity contribution is -0.207. The number of aliphatic hydroxyl groups excluding tert-OH is 2. The van der Waals surface area contributed by atoms with Gasteiger partial charge in [0.05, 0.1) is 18.8 Å². The molecule has 2 aromatic carbocycles. The van der Waals surface area contributed by atoms with Gasteiger partial charge in [0.2, 0.25) is 0 Å². The number of halogens is 5. The van der Waals surface area contributed by atoms with Gasteiger partial charge in [0.1, 0.15) is 23.5 Å². The molecule has 1 aliphatic rings. The lowest BCUT2D eigenvalue weighted by Gasteiger charge is -2.26. The van der Waals surface area contributed by atoms with Gasteiger partial charge in [0.25, 0.3) is 0 Å². The first kappa shape index (κ1) is 25.7. The number of aliphatic hydroxyl groups is 2. The quantitative estimate of drug-likeness (QED) is 0.472. The predicted molar refractivity (Wildman–Crippen MR) is 114 cm³/mol. The number of carbonyl (C=O) groups excluding carboxylic acids is 1. The van der Waals surface area contributed by atoms with Crippen molar-refractivity contribution in [2.24, 2.45) is 0 Å². The standard InChI is InChI=1S/C23H25F5N2O4/c1-22(2,3)10-7-12(20(32)23(26,27)28)19(34-4)16(8-10)30-21(33)29-15-9-11-13(24)5-6-14(25)17(11)18(15)31/h5-8,15,18,20,31-32H,9H2,1-4H3,(H2,29,30,33)/t15-,18-,20+/m0/s1. The third kappa shape index (κ3) is 4.95. The van der Waals surface area contributed by atoms with Gasteiger partial charge in [0, 0.05) is 11.1 Å². The van der Waals surface area contributed by atoms with Crippen LogP contribution in [0.1, 0.15) is 55.2 Å². The molecule has 0 heterocycles. The molecular weight excluding hydrogens is 463 g/mol. The molecule has 3 rings (SSSR count). The molecule has 3 atom stereocenters. The van der Waals surface area contributed by atoms with Crippen LogP contribution in [0.25, 0.3) is 0 Å². The van der Waals surface area contributed by atoms with Crippen molar-refractivity contribution in [2.45, 2.75) is 57.0 Å². The molecular formula is C23H25F5N2O4. The van der Waals surface area contributed by atoms with Crippen LogP contribution in [0.3, 0.4) is 0 Å². The Morgan fingerprint density at radius 2 is 1.76 bits per heavy atom. The first-order chi connectivity index (χ1) is 15.6. The second-order valence-corrected chi connectivity index (χ2v) is 9.12. The zero-order valence-corrected chi connectivity index (χ0v) is 18.8. The van der Waals surface area contributed by atoms with Crippen LogP contribution >= 0.6 is 0 Å². The largest absolute Gasteiger partial charge is 0.494 e. The van der Waals surface area contributed by atoms with Crippen molar-refractivity contribution < 1.29 is 41.7 Å². The number of alkyl halides is 3. The van der Waals surface area contributed by atoms with Crippen molar-refractivity contribution in [3.8, 4) is 5.75 Å². The van der Waals surface area contributed by atoms with E-state index < -0.39 is 58.8 Å². The van der Waals surface area contributed by atoms with Crippen molar-refractivity contribution in [3.63, 3.8) is 0 Å². The van der Waals surface area contributed by atoms with Crippen LogP contribution in [0.15, 0.2) is 24.3 Å². The zero-order chi connectivity index (χ0) is 25.6. The highest BCUT2D eigenvalue weighted by molar-refractivity contribution is 5.92. The Bertz CT molecular complexity index is 1100. The Labute approximate surface area is 192 Å². The number of rotatable bonds is 4. The summed E-state index contributed by atoms with van der Waals surface area (Å²) in [5.74, 6) is -1.95. The topological polar surface area (TPSA) is 90.8 Å². The maximum Gasteiger partial charge on any atom is 0.418 e. The van der Waals surface area contributed by atoms with Gasteiger partial charge in [-0.1, -0.05) is 20.8 Å². The Hall–Kier alpha value is -2.92. The molecule has 2 aromatic rings. The number of ether oxygens (including phenoxy) is 1. The van der Waals surface area contributed by atoms with Gasteiger partial charge in [-0.2, -0.15) is 13.2 Å². The van der Waals surface area contributed by atoms with E-state index in [1.165, 1.54) is 6.07 Å². The summed E-state index contributed by atoms with van der Waals surface area (Å²) in [6.45, 7) is 5.20. The average Bonchev–Trinajstić information content (AvgIpc) is 3.05. The summed E-state index contributed by atoms with van der Waals surface area (Å²) < 4.78 is 73.0. The first-order valence-corrected chi connectivity index (χ1v) is 10.3. The molecule has 0 spiro atoms. The van der Waals surface area contributed by atoms with Crippen molar-refractivity contribution in [3.05, 3.63) is 58.2 Å². The highest BCUT2D eigenvalue weighted by atomic mass is 19.4. The lowest BCUT2D eigenvalue weighted by atomic mass is 9.84. The monoisotopic (exact) mass is 488 g/mol. The molecule has 0 fully saturated rings. The molecule has 0 aromatic heterocycles. The summed E-state index contributed by atoms with van der Waals surface area (Å²) in [5, 5.41) is 25.0. The predicted octanol–water partition coefficient (Wildman–Crippen LogP) is 4.65. The van der Waals surface area contributed by atoms with E-state index in [-0.39, 0.29) is 23.2 Å². The second kappa shape index (κ2) is 9.03. The maximum absolute atomic E-state index is 14.1. The molecule has 0 saturated carbocycles. The highest BCUT2D eigenvalue weighted by Crippen LogP contribution is 2.43. The number of hydrogen-bond donors (Lipinski definition) is 4. The van der Waals surface area contributed by atoms with Crippen LogP contribution in [0, 0.1) is 11.6 Å². The summed E-state index contributed by atoms with van der Waals surface area (Å²) in [5.41, 5.74) is -1.35. The summed E-state index contributed by atoms with van der Waals surface area (Å²) >= 11 is 0. The van der Waals surface area contributed by atoms with E-state index in [9.17, 15) is 37.0 Å². The molecule has 0 radical (unpaired) electrons. The maximum atomic E-state index is 14.1. The third-order valence-electron chi connectivity index (χ3n) is 5.70. The Kier molecular flexibility index (Phi) is 6.82. The number of fused-ring (bicyclic) bond motifs is 1. The minimum atomic E-state index is -4.99. The summed E-state index contributed by atoms with van der Waals surface area (Å²) in [4.78, 5) is 12.7. The average molecular weight is 488 g/mol. The van der Waals surface area contributed by atoms with E-state index in [0.29, 0.717) is 5.56 Å². The second-order valence-electron chi connectivity index (χ2n) is 9.12. The highest BCUT2D eigenvalue weighted by Gasteiger charge is 2.42. The van der Waals surface area contributed by atoms with Crippen LogP contribution < -0.4 is 15.4 Å². The first-order valence-electron chi connectivity index (χ1n) is 10.3. The molecule has 34 heavy (non-hydrogen) atoms. The van der Waals surface area contributed by atoms with Gasteiger partial charge >= 0.3 is 12.2 Å². The van der Waals surface area contributed by atoms with Crippen molar-refractivity contribution in [2.75, 3.05) is 12.4 Å². The van der Waals surface area contributed by atoms with E-state index in [2.05, 4.69) is 10.6 Å². The van der Waals surface area contributed by atoms with Crippen molar-refractivity contribution in [1.29, 1.82) is 0 Å². The van der Waals surface area contributed by atoms with Gasteiger partial charge in [-0.25, -0.2) is 13.6 Å². The van der Waals surface area contributed by atoms with E-state index in [1.807, 2.05) is 0 Å². The normalized spacial score (nSPS) is 18.9. The molecule has 0 saturated heterocycles. The fourth-order valence-electron chi connectivity index (χ4n) is 3.91. The molecule has 0 aliphatic heterocycles. The minimum absolute atomic E-state index is 0.0688. The fraction of sp³-hybridized carbons (Fsp3) is 0.435. The third-order valence-corrected chi connectivity index (χ3v) is 5.70. The fourth-order valence-corrected chi connectivity index (χ4v) is 3.91. The van der Waals surface area contributed by atoms with Crippen LogP contribution in [-0.4, -0.2) is 35.6 Å². The van der Waals surface area contributed by atoms with Gasteiger partial charge < -0.3 is 25.6 Å². The summed E-state index contributed by atoms with van der Waals surface area (Å²) in [6, 6.07) is 2.32. The van der Waals surface area contributed by atoms with Crippen molar-refractivity contribution >= 4 is 11.7 Å². The lowest BCUT2D eigenvalue weighted by Crippen LogP contribution is -2.40. The number of hydrogen-bond acceptors (Lipinski definition) is 4. The Morgan fingerprint density at radius 3 is 2.29 bits per heavy atom. The number of nitrogens with one attached hydrogen (secondary N) is 2. The molecule has 4 N–H and O–H groups in total. The van der Waals surface area contributed by atoms with E-state index >= 15 is 0 Å². The molecule has 1 aliphatic carbocycles. The Balaban J connectivity index is 1.92. The smallest absolute Gasteiger partial charge is 0.418 e. The number of anilines is 1. The zero-order valence-electron chi connectivity index (χ0n) is 18.8. The molecule has 2 amide bonds. The number of benzene rings is 2. The van der Waals surface area contributed by atoms with Crippen LogP contribution in [0.5, 0.6) is 5.75 Å². The van der Waals surface area contributed by atoms with Crippen LogP contribution in [0.2, 0.25) is 0 Å². The van der Waals surface area contributed by atoms with E-state index in [1.54, 1.807) is 20.8 Å².